The molecule has 0 aromatic carbocycles. The van der Waals surface area contributed by atoms with Gasteiger partial charge in [0.2, 0.25) is 0 Å². The second kappa shape index (κ2) is 82.2. The van der Waals surface area contributed by atoms with E-state index in [4.69, 9.17) is 37.0 Å². The van der Waals surface area contributed by atoms with Gasteiger partial charge in [0.1, 0.15) is 19.3 Å². The smallest absolute Gasteiger partial charge is 0.462 e. The Labute approximate surface area is 669 Å². The van der Waals surface area contributed by atoms with Gasteiger partial charge in [0, 0.05) is 25.7 Å². The van der Waals surface area contributed by atoms with Crippen LogP contribution in [-0.2, 0) is 65.4 Å². The van der Waals surface area contributed by atoms with E-state index in [-0.39, 0.29) is 25.7 Å². The van der Waals surface area contributed by atoms with Crippen molar-refractivity contribution in [3.63, 3.8) is 0 Å². The van der Waals surface area contributed by atoms with E-state index < -0.39 is 97.5 Å². The highest BCUT2D eigenvalue weighted by atomic mass is 31.2. The Hall–Kier alpha value is -4.80. The topological polar surface area (TPSA) is 237 Å². The number of phosphoric ester groups is 2. The number of aliphatic hydroxyl groups is 1. The predicted octanol–water partition coefficient (Wildman–Crippen LogP) is 26.0. The predicted molar refractivity (Wildman–Crippen MR) is 454 cm³/mol. The van der Waals surface area contributed by atoms with E-state index in [1.165, 1.54) is 70.6 Å². The lowest BCUT2D eigenvalue weighted by molar-refractivity contribution is -0.161. The molecule has 632 valence electrons. The lowest BCUT2D eigenvalue weighted by atomic mass is 10.0. The minimum absolute atomic E-state index is 0.0725. The average molecular weight is 1580 g/mol. The molecule has 0 bridgehead atoms. The van der Waals surface area contributed by atoms with Gasteiger partial charge in [-0.25, -0.2) is 9.13 Å². The maximum Gasteiger partial charge on any atom is 0.472 e. The van der Waals surface area contributed by atoms with Crippen molar-refractivity contribution < 1.29 is 80.2 Å². The third-order valence-electron chi connectivity index (χ3n) is 18.1. The first-order valence-corrected chi connectivity index (χ1v) is 46.4. The van der Waals surface area contributed by atoms with Crippen LogP contribution in [0.3, 0.4) is 0 Å². The Morgan fingerprint density at radius 2 is 0.473 bits per heavy atom. The van der Waals surface area contributed by atoms with Crippen molar-refractivity contribution in [2.75, 3.05) is 39.6 Å². The van der Waals surface area contributed by atoms with Gasteiger partial charge < -0.3 is 33.8 Å². The van der Waals surface area contributed by atoms with Crippen LogP contribution < -0.4 is 0 Å². The molecule has 3 N–H and O–H groups in total. The van der Waals surface area contributed by atoms with Gasteiger partial charge in [-0.2, -0.15) is 0 Å². The van der Waals surface area contributed by atoms with E-state index >= 15 is 0 Å². The second-order valence-electron chi connectivity index (χ2n) is 28.7. The van der Waals surface area contributed by atoms with E-state index in [2.05, 4.69) is 161 Å². The number of ether oxygens (including phenoxy) is 4. The zero-order valence-electron chi connectivity index (χ0n) is 69.4. The normalized spacial score (nSPS) is 14.4. The summed E-state index contributed by atoms with van der Waals surface area (Å²) in [4.78, 5) is 73.3. The summed E-state index contributed by atoms with van der Waals surface area (Å²) in [6.45, 7) is 4.63. The Balaban J connectivity index is 5.39. The summed E-state index contributed by atoms with van der Waals surface area (Å²) < 4.78 is 68.9. The van der Waals surface area contributed by atoms with Gasteiger partial charge in [-0.3, -0.25) is 37.3 Å². The Kier molecular flexibility index (Phi) is 78.6. The molecule has 0 heterocycles. The third-order valence-corrected chi connectivity index (χ3v) is 20.0. The number of esters is 4. The number of carbonyl (C=O) groups is 4. The molecular weight excluding hydrogens is 1430 g/mol. The maximum absolute atomic E-state index is 13.2. The summed E-state index contributed by atoms with van der Waals surface area (Å²) in [5, 5.41) is 10.7. The second-order valence-corrected chi connectivity index (χ2v) is 31.6. The van der Waals surface area contributed by atoms with Crippen molar-refractivity contribution in [3.05, 3.63) is 134 Å². The first-order chi connectivity index (χ1) is 53.7. The van der Waals surface area contributed by atoms with Crippen molar-refractivity contribution >= 4 is 39.5 Å². The minimum atomic E-state index is -4.99. The van der Waals surface area contributed by atoms with Crippen LogP contribution in [0.2, 0.25) is 0 Å². The molecule has 5 unspecified atom stereocenters. The van der Waals surface area contributed by atoms with E-state index in [1.54, 1.807) is 0 Å². The maximum atomic E-state index is 13.2. The van der Waals surface area contributed by atoms with Crippen molar-refractivity contribution in [1.82, 2.24) is 0 Å². The minimum Gasteiger partial charge on any atom is -0.462 e. The van der Waals surface area contributed by atoms with Crippen LogP contribution in [0.15, 0.2) is 134 Å². The lowest BCUT2D eigenvalue weighted by Gasteiger charge is -2.21. The van der Waals surface area contributed by atoms with Gasteiger partial charge in [0.25, 0.3) is 0 Å². The third kappa shape index (κ3) is 81.2. The summed E-state index contributed by atoms with van der Waals surface area (Å²) in [6.07, 6.45) is 94.0. The highest BCUT2D eigenvalue weighted by Crippen LogP contribution is 2.45. The molecule has 5 atom stereocenters. The number of rotatable bonds is 81. The summed E-state index contributed by atoms with van der Waals surface area (Å²) in [6, 6.07) is 0. The van der Waals surface area contributed by atoms with Crippen molar-refractivity contribution in [3.8, 4) is 0 Å². The fraction of sp³-hybridized carbons (Fsp3) is 0.714. The SMILES string of the molecule is CC/C=C\C/C=C\C/C=C\C/C=C\CCCCCCCCC(=O)OCC(COP(=O)(O)OCC(O)COP(=O)(O)OCC(COC(=O)CCCCCCCC/C=C\C/C=C\C/C=C\CCCCC)OC(=O)CCCCCCCCCCCCCCC)OC(=O)CCCCCCCC/C=C\C/C=C\C/C=C\C/C=C\CC. The van der Waals surface area contributed by atoms with Crippen LogP contribution >= 0.6 is 15.6 Å². The summed E-state index contributed by atoms with van der Waals surface area (Å²) in [7, 11) is -9.98. The van der Waals surface area contributed by atoms with Gasteiger partial charge in [-0.1, -0.05) is 328 Å². The van der Waals surface area contributed by atoms with Crippen LogP contribution in [0.25, 0.3) is 0 Å². The van der Waals surface area contributed by atoms with Crippen molar-refractivity contribution in [1.29, 1.82) is 0 Å². The van der Waals surface area contributed by atoms with Gasteiger partial charge in [-0.15, -0.1) is 0 Å². The van der Waals surface area contributed by atoms with E-state index in [0.717, 1.165) is 212 Å². The highest BCUT2D eigenvalue weighted by Gasteiger charge is 2.30. The van der Waals surface area contributed by atoms with Crippen LogP contribution in [0.4, 0.5) is 0 Å². The molecule has 0 saturated heterocycles. The molecule has 0 rings (SSSR count). The zero-order valence-corrected chi connectivity index (χ0v) is 71.2. The molecule has 110 heavy (non-hydrogen) atoms. The molecule has 0 fully saturated rings. The number of phosphoric acid groups is 2. The average Bonchev–Trinajstić information content (AvgIpc) is 0.900. The van der Waals surface area contributed by atoms with E-state index in [1.807, 2.05) is 0 Å². The first-order valence-electron chi connectivity index (χ1n) is 43.4. The van der Waals surface area contributed by atoms with Crippen LogP contribution in [0.1, 0.15) is 362 Å². The number of hydrogen-bond donors (Lipinski definition) is 3. The molecule has 0 aliphatic carbocycles. The van der Waals surface area contributed by atoms with Crippen LogP contribution in [0, 0.1) is 0 Å². The standard InChI is InChI=1S/C91H156O17P2/c1-5-9-13-17-21-25-29-33-36-39-42-45-48-52-55-59-63-67-71-75-88(93)101-81-86(107-90(95)77-73-69-65-61-57-51-32-28-24-20-16-12-8-4)83-105-109(97,98)103-79-85(92)80-104-110(99,100)106-84-87(108-91(96)78-74-70-66-62-58-54-50-47-44-41-38-35-31-27-23-19-15-11-7-3)82-102-89(94)76-72-68-64-60-56-53-49-46-43-40-37-34-30-26-22-18-14-10-6-2/h10-11,14-15,21-23,25-27,33-38,42-47,85-87,92H,5-9,12-13,16-20,24,28-32,39-41,48-84H2,1-4H3,(H,97,98)(H,99,100)/b14-10-,15-11-,25-21-,26-22-,27-23-,36-33-,37-34-,38-35-,45-42-,46-43-,47-44-. The molecule has 0 aliphatic rings. The zero-order chi connectivity index (χ0) is 80.3. The van der Waals surface area contributed by atoms with Crippen molar-refractivity contribution in [2.45, 2.75) is 380 Å². The molecule has 0 aliphatic heterocycles. The van der Waals surface area contributed by atoms with Gasteiger partial charge in [0.05, 0.1) is 26.4 Å². The lowest BCUT2D eigenvalue weighted by Crippen LogP contribution is -2.30. The van der Waals surface area contributed by atoms with Gasteiger partial charge in [0.15, 0.2) is 12.2 Å². The van der Waals surface area contributed by atoms with E-state index in [0.29, 0.717) is 25.7 Å². The monoisotopic (exact) mass is 1580 g/mol. The number of aliphatic hydroxyl groups excluding tert-OH is 1. The molecular formula is C91H156O17P2. The molecule has 0 saturated carbocycles. The molecule has 0 aromatic rings. The summed E-state index contributed by atoms with van der Waals surface area (Å²) in [5.74, 6) is -2.20. The fourth-order valence-electron chi connectivity index (χ4n) is 11.6. The summed E-state index contributed by atoms with van der Waals surface area (Å²) in [5.41, 5.74) is 0. The summed E-state index contributed by atoms with van der Waals surface area (Å²) >= 11 is 0. The molecule has 0 amide bonds. The number of hydrogen-bond acceptors (Lipinski definition) is 15. The quantitative estimate of drug-likeness (QED) is 0.0169. The van der Waals surface area contributed by atoms with E-state index in [9.17, 15) is 43.2 Å². The molecule has 0 spiro atoms. The Morgan fingerprint density at radius 1 is 0.264 bits per heavy atom. The fourth-order valence-corrected chi connectivity index (χ4v) is 13.1. The first kappa shape index (κ1) is 105. The molecule has 0 aromatic heterocycles. The van der Waals surface area contributed by atoms with Gasteiger partial charge in [-0.05, 0) is 141 Å². The number of carbonyl (C=O) groups excluding carboxylic acids is 4. The molecule has 19 heteroatoms. The number of unbranched alkanes of at least 4 members (excludes halogenated alkanes) is 33. The Morgan fingerprint density at radius 3 is 0.745 bits per heavy atom. The molecule has 17 nitrogen and oxygen atoms in total. The van der Waals surface area contributed by atoms with Gasteiger partial charge >= 0.3 is 39.5 Å². The van der Waals surface area contributed by atoms with Crippen LogP contribution in [0.5, 0.6) is 0 Å². The molecule has 0 radical (unpaired) electrons. The Bertz CT molecular complexity index is 2600. The number of allylic oxidation sites excluding steroid dienone is 22. The largest absolute Gasteiger partial charge is 0.472 e. The van der Waals surface area contributed by atoms with Crippen molar-refractivity contribution in [2.24, 2.45) is 0 Å². The highest BCUT2D eigenvalue weighted by molar-refractivity contribution is 7.47. The van der Waals surface area contributed by atoms with Crippen LogP contribution in [-0.4, -0.2) is 96.7 Å².